The van der Waals surface area contributed by atoms with E-state index in [0.717, 1.165) is 6.07 Å². The van der Waals surface area contributed by atoms with Crippen LogP contribution in [0.2, 0.25) is 10.0 Å². The number of imide groups is 1. The molecule has 0 saturated heterocycles. The van der Waals surface area contributed by atoms with Gasteiger partial charge in [0.2, 0.25) is 0 Å². The molecule has 7 heteroatoms. The number of amides is 3. The third-order valence-electron chi connectivity index (χ3n) is 2.52. The molecule has 2 aromatic rings. The van der Waals surface area contributed by atoms with E-state index in [-0.39, 0.29) is 10.6 Å². The lowest BCUT2D eigenvalue weighted by atomic mass is 10.2. The highest BCUT2D eigenvalue weighted by Crippen LogP contribution is 2.20. The standard InChI is InChI=1S/C14H9Cl2FN2O2/c15-8-5-6-9(11(17)7-8)13(20)19-14(21)18-12-4-2-1-3-10(12)16/h1-7H,(H2,18,19,20,21). The van der Waals surface area contributed by atoms with E-state index in [2.05, 4.69) is 5.32 Å². The van der Waals surface area contributed by atoms with Crippen LogP contribution in [0, 0.1) is 5.82 Å². The maximum atomic E-state index is 13.5. The fraction of sp³-hybridized carbons (Fsp3) is 0. The molecule has 0 aliphatic carbocycles. The Labute approximate surface area is 129 Å². The van der Waals surface area contributed by atoms with Crippen molar-refractivity contribution in [2.24, 2.45) is 0 Å². The van der Waals surface area contributed by atoms with Crippen LogP contribution in [0.1, 0.15) is 10.4 Å². The lowest BCUT2D eigenvalue weighted by molar-refractivity contribution is 0.0963. The molecule has 0 spiro atoms. The predicted molar refractivity (Wildman–Crippen MR) is 79.3 cm³/mol. The second-order valence-electron chi connectivity index (χ2n) is 4.01. The fourth-order valence-corrected chi connectivity index (χ4v) is 1.90. The van der Waals surface area contributed by atoms with E-state index in [4.69, 9.17) is 23.2 Å². The molecule has 0 fully saturated rings. The number of halogens is 3. The molecule has 21 heavy (non-hydrogen) atoms. The summed E-state index contributed by atoms with van der Waals surface area (Å²) in [4.78, 5) is 23.5. The zero-order chi connectivity index (χ0) is 15.4. The number of para-hydroxylation sites is 1. The van der Waals surface area contributed by atoms with Gasteiger partial charge >= 0.3 is 6.03 Å². The average molecular weight is 327 g/mol. The van der Waals surface area contributed by atoms with Crippen molar-refractivity contribution in [1.82, 2.24) is 5.32 Å². The third-order valence-corrected chi connectivity index (χ3v) is 3.09. The SMILES string of the molecule is O=C(NC(=O)c1ccc(Cl)cc1F)Nc1ccccc1Cl. The topological polar surface area (TPSA) is 58.2 Å². The molecule has 0 aliphatic heterocycles. The number of anilines is 1. The minimum absolute atomic E-state index is 0.157. The van der Waals surface area contributed by atoms with Crippen LogP contribution in [0.3, 0.4) is 0 Å². The van der Waals surface area contributed by atoms with E-state index in [1.807, 2.05) is 5.32 Å². The van der Waals surface area contributed by atoms with Crippen molar-refractivity contribution in [3.63, 3.8) is 0 Å². The molecule has 108 valence electrons. The number of carbonyl (C=O) groups is 2. The van der Waals surface area contributed by atoms with Crippen molar-refractivity contribution in [3.8, 4) is 0 Å². The predicted octanol–water partition coefficient (Wildman–Crippen LogP) is 4.09. The Hall–Kier alpha value is -2.11. The Morgan fingerprint density at radius 3 is 2.43 bits per heavy atom. The van der Waals surface area contributed by atoms with Gasteiger partial charge in [0.05, 0.1) is 16.3 Å². The minimum Gasteiger partial charge on any atom is -0.306 e. The van der Waals surface area contributed by atoms with Crippen molar-refractivity contribution in [1.29, 1.82) is 0 Å². The number of nitrogens with one attached hydrogen (secondary N) is 2. The molecule has 0 radical (unpaired) electrons. The van der Waals surface area contributed by atoms with Gasteiger partial charge in [0.1, 0.15) is 5.82 Å². The van der Waals surface area contributed by atoms with Gasteiger partial charge in [0.25, 0.3) is 5.91 Å². The molecule has 0 bridgehead atoms. The highest BCUT2D eigenvalue weighted by atomic mass is 35.5. The fourth-order valence-electron chi connectivity index (χ4n) is 1.56. The van der Waals surface area contributed by atoms with Crippen molar-refractivity contribution < 1.29 is 14.0 Å². The van der Waals surface area contributed by atoms with Crippen molar-refractivity contribution in [2.75, 3.05) is 5.32 Å². The lowest BCUT2D eigenvalue weighted by Gasteiger charge is -2.08. The normalized spacial score (nSPS) is 10.0. The number of carbonyl (C=O) groups excluding carboxylic acids is 2. The van der Waals surface area contributed by atoms with Gasteiger partial charge in [0, 0.05) is 5.02 Å². The average Bonchev–Trinajstić information content (AvgIpc) is 2.41. The number of hydrogen-bond acceptors (Lipinski definition) is 2. The maximum Gasteiger partial charge on any atom is 0.326 e. The zero-order valence-electron chi connectivity index (χ0n) is 10.5. The first kappa shape index (κ1) is 15.3. The molecule has 3 amide bonds. The molecule has 0 aromatic heterocycles. The minimum atomic E-state index is -0.881. The van der Waals surface area contributed by atoms with Gasteiger partial charge < -0.3 is 5.32 Å². The lowest BCUT2D eigenvalue weighted by Crippen LogP contribution is -2.34. The van der Waals surface area contributed by atoms with Crippen molar-refractivity contribution in [3.05, 3.63) is 63.9 Å². The molecule has 0 atom stereocenters. The Morgan fingerprint density at radius 2 is 1.76 bits per heavy atom. The van der Waals surface area contributed by atoms with Crippen LogP contribution >= 0.6 is 23.2 Å². The summed E-state index contributed by atoms with van der Waals surface area (Å²) < 4.78 is 13.5. The summed E-state index contributed by atoms with van der Waals surface area (Å²) in [6.45, 7) is 0. The molecule has 2 aromatic carbocycles. The molecule has 2 rings (SSSR count). The van der Waals surface area contributed by atoms with Crippen LogP contribution in [-0.2, 0) is 0 Å². The molecule has 0 saturated carbocycles. The van der Waals surface area contributed by atoms with E-state index >= 15 is 0 Å². The molecule has 4 nitrogen and oxygen atoms in total. The number of rotatable bonds is 2. The summed E-state index contributed by atoms with van der Waals surface area (Å²) in [5, 5.41) is 4.87. The van der Waals surface area contributed by atoms with Gasteiger partial charge in [-0.25, -0.2) is 9.18 Å². The molecule has 0 heterocycles. The van der Waals surface area contributed by atoms with Crippen LogP contribution in [0.25, 0.3) is 0 Å². The van der Waals surface area contributed by atoms with Crippen LogP contribution < -0.4 is 10.6 Å². The Balaban J connectivity index is 2.06. The number of benzene rings is 2. The highest BCUT2D eigenvalue weighted by molar-refractivity contribution is 6.33. The van der Waals surface area contributed by atoms with E-state index in [9.17, 15) is 14.0 Å². The van der Waals surface area contributed by atoms with E-state index < -0.39 is 17.8 Å². The molecule has 0 aliphatic rings. The second kappa shape index (κ2) is 6.56. The van der Waals surface area contributed by atoms with Gasteiger partial charge in [-0.2, -0.15) is 0 Å². The van der Waals surface area contributed by atoms with Gasteiger partial charge in [-0.1, -0.05) is 35.3 Å². The summed E-state index contributed by atoms with van der Waals surface area (Å²) in [6.07, 6.45) is 0. The van der Waals surface area contributed by atoms with Gasteiger partial charge in [-0.15, -0.1) is 0 Å². The van der Waals surface area contributed by atoms with Crippen LogP contribution in [-0.4, -0.2) is 11.9 Å². The van der Waals surface area contributed by atoms with Crippen LogP contribution in [0.4, 0.5) is 14.9 Å². The Bertz CT molecular complexity index is 707. The smallest absolute Gasteiger partial charge is 0.306 e. The number of urea groups is 1. The summed E-state index contributed by atoms with van der Waals surface area (Å²) in [5.74, 6) is -1.70. The van der Waals surface area contributed by atoms with Gasteiger partial charge in [-0.05, 0) is 30.3 Å². The quantitative estimate of drug-likeness (QED) is 0.873. The van der Waals surface area contributed by atoms with E-state index in [1.54, 1.807) is 24.3 Å². The highest BCUT2D eigenvalue weighted by Gasteiger charge is 2.15. The van der Waals surface area contributed by atoms with E-state index in [1.165, 1.54) is 12.1 Å². The first-order valence-corrected chi connectivity index (χ1v) is 6.55. The van der Waals surface area contributed by atoms with E-state index in [0.29, 0.717) is 10.7 Å². The molecular formula is C14H9Cl2FN2O2. The Morgan fingerprint density at radius 1 is 1.05 bits per heavy atom. The largest absolute Gasteiger partial charge is 0.326 e. The molecular weight excluding hydrogens is 318 g/mol. The summed E-state index contributed by atoms with van der Waals surface area (Å²) >= 11 is 11.4. The third kappa shape index (κ3) is 3.93. The van der Waals surface area contributed by atoms with Crippen molar-refractivity contribution >= 4 is 40.8 Å². The summed E-state index contributed by atoms with van der Waals surface area (Å²) in [7, 11) is 0. The van der Waals surface area contributed by atoms with Crippen LogP contribution in [0.15, 0.2) is 42.5 Å². The van der Waals surface area contributed by atoms with Crippen LogP contribution in [0.5, 0.6) is 0 Å². The monoisotopic (exact) mass is 326 g/mol. The van der Waals surface area contributed by atoms with Gasteiger partial charge in [-0.3, -0.25) is 10.1 Å². The number of hydrogen-bond donors (Lipinski definition) is 2. The first-order valence-electron chi connectivity index (χ1n) is 5.79. The first-order chi connectivity index (χ1) is 9.97. The van der Waals surface area contributed by atoms with Crippen molar-refractivity contribution in [2.45, 2.75) is 0 Å². The maximum absolute atomic E-state index is 13.5. The zero-order valence-corrected chi connectivity index (χ0v) is 12.0. The summed E-state index contributed by atoms with van der Waals surface area (Å²) in [5.41, 5.74) is 0.0507. The molecule has 0 unspecified atom stereocenters. The Kier molecular flexibility index (Phi) is 4.77. The summed E-state index contributed by atoms with van der Waals surface area (Å²) in [6, 6.07) is 9.22. The molecule has 2 N–H and O–H groups in total. The van der Waals surface area contributed by atoms with Gasteiger partial charge in [0.15, 0.2) is 0 Å². The second-order valence-corrected chi connectivity index (χ2v) is 4.86.